The molecule has 24 heavy (non-hydrogen) atoms. The van der Waals surface area contributed by atoms with Crippen LogP contribution in [0.4, 0.5) is 0 Å². The first-order valence-electron chi connectivity index (χ1n) is 8.19. The maximum Gasteiger partial charge on any atom is 0.255 e. The second-order valence-corrected chi connectivity index (χ2v) is 5.46. The van der Waals surface area contributed by atoms with E-state index >= 15 is 0 Å². The summed E-state index contributed by atoms with van der Waals surface area (Å²) in [6, 6.07) is 13.3. The Labute approximate surface area is 141 Å². The molecule has 0 aliphatic carbocycles. The van der Waals surface area contributed by atoms with E-state index in [4.69, 9.17) is 4.74 Å². The Bertz CT molecular complexity index is 826. The standard InChI is InChI=1S/C19H21N3O2/c1-2-24-17-9-4-3-8-16(17)19(23)21-12-6-13-22-14-10-15-7-5-11-20-18(15)22/h3-5,7-11,14H,2,6,12-13H2,1H3,(H,21,23). The highest BCUT2D eigenvalue weighted by molar-refractivity contribution is 5.96. The Hall–Kier alpha value is -2.82. The average Bonchev–Trinajstić information content (AvgIpc) is 3.02. The number of carbonyl (C=O) groups is 1. The van der Waals surface area contributed by atoms with E-state index in [9.17, 15) is 4.79 Å². The Balaban J connectivity index is 1.54. The summed E-state index contributed by atoms with van der Waals surface area (Å²) in [5.41, 5.74) is 1.55. The van der Waals surface area contributed by atoms with Crippen LogP contribution < -0.4 is 10.1 Å². The van der Waals surface area contributed by atoms with E-state index in [-0.39, 0.29) is 5.91 Å². The summed E-state index contributed by atoms with van der Waals surface area (Å²) in [5, 5.41) is 4.09. The van der Waals surface area contributed by atoms with Gasteiger partial charge in [-0.25, -0.2) is 4.98 Å². The van der Waals surface area contributed by atoms with Crippen molar-refractivity contribution in [2.24, 2.45) is 0 Å². The van der Waals surface area contributed by atoms with Crippen molar-refractivity contribution >= 4 is 16.9 Å². The molecular formula is C19H21N3O2. The minimum Gasteiger partial charge on any atom is -0.493 e. The Kier molecular flexibility index (Phi) is 5.11. The second kappa shape index (κ2) is 7.64. The average molecular weight is 323 g/mol. The first kappa shape index (κ1) is 16.1. The summed E-state index contributed by atoms with van der Waals surface area (Å²) in [6.45, 7) is 3.86. The number of fused-ring (bicyclic) bond motifs is 1. The maximum absolute atomic E-state index is 12.3. The van der Waals surface area contributed by atoms with Crippen LogP contribution in [-0.2, 0) is 6.54 Å². The van der Waals surface area contributed by atoms with Gasteiger partial charge in [0.15, 0.2) is 0 Å². The molecule has 3 rings (SSSR count). The number of aromatic nitrogens is 2. The quantitative estimate of drug-likeness (QED) is 0.679. The summed E-state index contributed by atoms with van der Waals surface area (Å²) in [6.07, 6.45) is 4.66. The van der Waals surface area contributed by atoms with Crippen molar-refractivity contribution in [2.75, 3.05) is 13.2 Å². The highest BCUT2D eigenvalue weighted by atomic mass is 16.5. The molecule has 1 N–H and O–H groups in total. The zero-order chi connectivity index (χ0) is 16.8. The van der Waals surface area contributed by atoms with Crippen molar-refractivity contribution in [2.45, 2.75) is 19.9 Å². The first-order valence-corrected chi connectivity index (χ1v) is 8.19. The van der Waals surface area contributed by atoms with Gasteiger partial charge >= 0.3 is 0 Å². The van der Waals surface area contributed by atoms with Crippen molar-refractivity contribution in [1.82, 2.24) is 14.9 Å². The highest BCUT2D eigenvalue weighted by Crippen LogP contribution is 2.17. The van der Waals surface area contributed by atoms with Gasteiger partial charge in [0.05, 0.1) is 12.2 Å². The van der Waals surface area contributed by atoms with Gasteiger partial charge in [-0.1, -0.05) is 12.1 Å². The van der Waals surface area contributed by atoms with Crippen LogP contribution in [0.15, 0.2) is 54.9 Å². The van der Waals surface area contributed by atoms with Crippen molar-refractivity contribution in [3.8, 4) is 5.75 Å². The molecular weight excluding hydrogens is 302 g/mol. The van der Waals surface area contributed by atoms with Gasteiger partial charge in [-0.3, -0.25) is 4.79 Å². The SMILES string of the molecule is CCOc1ccccc1C(=O)NCCCn1ccc2cccnc21. The number of amides is 1. The van der Waals surface area contributed by atoms with Gasteiger partial charge in [0.1, 0.15) is 11.4 Å². The molecule has 0 atom stereocenters. The summed E-state index contributed by atoms with van der Waals surface area (Å²) in [4.78, 5) is 16.7. The number of hydrogen-bond donors (Lipinski definition) is 1. The fraction of sp³-hybridized carbons (Fsp3) is 0.263. The smallest absolute Gasteiger partial charge is 0.255 e. The Morgan fingerprint density at radius 3 is 2.96 bits per heavy atom. The maximum atomic E-state index is 12.3. The minimum absolute atomic E-state index is 0.102. The molecule has 2 heterocycles. The molecule has 0 unspecified atom stereocenters. The Morgan fingerprint density at radius 1 is 1.21 bits per heavy atom. The fourth-order valence-electron chi connectivity index (χ4n) is 2.68. The fourth-order valence-corrected chi connectivity index (χ4v) is 2.68. The molecule has 5 nitrogen and oxygen atoms in total. The lowest BCUT2D eigenvalue weighted by atomic mass is 10.2. The van der Waals surface area contributed by atoms with Gasteiger partial charge < -0.3 is 14.6 Å². The van der Waals surface area contributed by atoms with Crippen LogP contribution in [-0.4, -0.2) is 28.6 Å². The van der Waals surface area contributed by atoms with E-state index in [1.165, 1.54) is 0 Å². The van der Waals surface area contributed by atoms with Crippen LogP contribution in [0.1, 0.15) is 23.7 Å². The zero-order valence-electron chi connectivity index (χ0n) is 13.7. The number of aryl methyl sites for hydroxylation is 1. The molecule has 0 bridgehead atoms. The summed E-state index contributed by atoms with van der Waals surface area (Å²) in [5.74, 6) is 0.521. The number of nitrogens with one attached hydrogen (secondary N) is 1. The first-order chi connectivity index (χ1) is 11.8. The molecule has 2 aromatic heterocycles. The molecule has 0 saturated heterocycles. The van der Waals surface area contributed by atoms with Gasteiger partial charge in [-0.2, -0.15) is 0 Å². The lowest BCUT2D eigenvalue weighted by Crippen LogP contribution is -2.25. The molecule has 0 aliphatic heterocycles. The van der Waals surface area contributed by atoms with Gasteiger partial charge in [-0.15, -0.1) is 0 Å². The summed E-state index contributed by atoms with van der Waals surface area (Å²) < 4.78 is 7.61. The molecule has 1 amide bonds. The molecule has 3 aromatic rings. The van der Waals surface area contributed by atoms with Crippen LogP contribution in [0.25, 0.3) is 11.0 Å². The number of hydrogen-bond acceptors (Lipinski definition) is 3. The second-order valence-electron chi connectivity index (χ2n) is 5.46. The third-order valence-electron chi connectivity index (χ3n) is 3.82. The largest absolute Gasteiger partial charge is 0.493 e. The van der Waals surface area contributed by atoms with Crippen LogP contribution >= 0.6 is 0 Å². The van der Waals surface area contributed by atoms with Gasteiger partial charge in [0.2, 0.25) is 0 Å². The van der Waals surface area contributed by atoms with E-state index in [2.05, 4.69) is 20.9 Å². The molecule has 1 aromatic carbocycles. The number of carbonyl (C=O) groups excluding carboxylic acids is 1. The highest BCUT2D eigenvalue weighted by Gasteiger charge is 2.11. The Morgan fingerprint density at radius 2 is 2.08 bits per heavy atom. The molecule has 0 aliphatic rings. The lowest BCUT2D eigenvalue weighted by molar-refractivity contribution is 0.0949. The number of para-hydroxylation sites is 1. The number of rotatable bonds is 7. The predicted molar refractivity (Wildman–Crippen MR) is 94.3 cm³/mol. The van der Waals surface area contributed by atoms with Crippen molar-refractivity contribution in [3.63, 3.8) is 0 Å². The zero-order valence-corrected chi connectivity index (χ0v) is 13.7. The van der Waals surface area contributed by atoms with E-state index < -0.39 is 0 Å². The summed E-state index contributed by atoms with van der Waals surface area (Å²) >= 11 is 0. The number of pyridine rings is 1. The number of benzene rings is 1. The van der Waals surface area contributed by atoms with E-state index in [1.54, 1.807) is 12.3 Å². The molecule has 0 fully saturated rings. The van der Waals surface area contributed by atoms with Gasteiger partial charge in [0.25, 0.3) is 5.91 Å². The number of nitrogens with zero attached hydrogens (tertiary/aromatic N) is 2. The topological polar surface area (TPSA) is 56.1 Å². The van der Waals surface area contributed by atoms with Gasteiger partial charge in [-0.05, 0) is 43.7 Å². The molecule has 0 spiro atoms. The third-order valence-corrected chi connectivity index (χ3v) is 3.82. The van der Waals surface area contributed by atoms with Crippen LogP contribution in [0.3, 0.4) is 0 Å². The van der Waals surface area contributed by atoms with Crippen LogP contribution in [0, 0.1) is 0 Å². The normalized spacial score (nSPS) is 10.7. The van der Waals surface area contributed by atoms with Gasteiger partial charge in [0, 0.05) is 30.9 Å². The van der Waals surface area contributed by atoms with E-state index in [0.717, 1.165) is 24.0 Å². The van der Waals surface area contributed by atoms with Crippen molar-refractivity contribution in [1.29, 1.82) is 0 Å². The van der Waals surface area contributed by atoms with Crippen LogP contribution in [0.2, 0.25) is 0 Å². The monoisotopic (exact) mass is 323 g/mol. The predicted octanol–water partition coefficient (Wildman–Crippen LogP) is 3.26. The molecule has 0 saturated carbocycles. The van der Waals surface area contributed by atoms with E-state index in [1.807, 2.05) is 43.5 Å². The molecule has 0 radical (unpaired) electrons. The molecule has 124 valence electrons. The van der Waals surface area contributed by atoms with E-state index in [0.29, 0.717) is 24.5 Å². The van der Waals surface area contributed by atoms with Crippen molar-refractivity contribution < 1.29 is 9.53 Å². The lowest BCUT2D eigenvalue weighted by Gasteiger charge is -2.10. The van der Waals surface area contributed by atoms with Crippen molar-refractivity contribution in [3.05, 3.63) is 60.4 Å². The summed E-state index contributed by atoms with van der Waals surface area (Å²) in [7, 11) is 0. The number of ether oxygens (including phenoxy) is 1. The van der Waals surface area contributed by atoms with Crippen LogP contribution in [0.5, 0.6) is 5.75 Å². The molecule has 5 heteroatoms. The minimum atomic E-state index is -0.102. The third kappa shape index (κ3) is 3.56.